The van der Waals surface area contributed by atoms with Gasteiger partial charge in [0.25, 0.3) is 0 Å². The Labute approximate surface area is 147 Å². The smallest absolute Gasteiger partial charge is 0.0683 e. The molecule has 0 aromatic carbocycles. The molecule has 5 rings (SSSR count). The maximum atomic E-state index is 9.27. The Morgan fingerprint density at radius 3 is 2.08 bits per heavy atom. The van der Waals surface area contributed by atoms with Gasteiger partial charge in [-0.15, -0.1) is 0 Å². The Kier molecular flexibility index (Phi) is 3.64. The summed E-state index contributed by atoms with van der Waals surface area (Å²) in [7, 11) is 0. The lowest BCUT2D eigenvalue weighted by molar-refractivity contribution is -0.248. The zero-order chi connectivity index (χ0) is 17.2. The van der Waals surface area contributed by atoms with Crippen LogP contribution in [0.3, 0.4) is 0 Å². The maximum Gasteiger partial charge on any atom is 0.0683 e. The largest absolute Gasteiger partial charge is 0.376 e. The second-order valence-corrected chi connectivity index (χ2v) is 10.5. The van der Waals surface area contributed by atoms with Crippen molar-refractivity contribution >= 4 is 0 Å². The first-order valence-electron chi connectivity index (χ1n) is 9.68. The molecule has 4 nitrogen and oxygen atoms in total. The van der Waals surface area contributed by atoms with E-state index in [0.29, 0.717) is 23.4 Å². The molecule has 0 amide bonds. The third-order valence-electron chi connectivity index (χ3n) is 7.04. The molecule has 0 N–H and O–H groups in total. The summed E-state index contributed by atoms with van der Waals surface area (Å²) >= 11 is 0. The second-order valence-electron chi connectivity index (χ2n) is 10.5. The monoisotopic (exact) mass is 331 g/mol. The zero-order valence-electron chi connectivity index (χ0n) is 15.9. The molecule has 0 radical (unpaired) electrons. The van der Waals surface area contributed by atoms with Gasteiger partial charge in [0.2, 0.25) is 0 Å². The summed E-state index contributed by atoms with van der Waals surface area (Å²) in [6, 6.07) is 2.43. The van der Waals surface area contributed by atoms with Crippen LogP contribution in [0.4, 0.5) is 0 Å². The predicted octanol–water partition coefficient (Wildman–Crippen LogP) is 3.24. The van der Waals surface area contributed by atoms with Crippen LogP contribution < -0.4 is 0 Å². The van der Waals surface area contributed by atoms with Crippen molar-refractivity contribution < 1.29 is 4.74 Å². The van der Waals surface area contributed by atoms with Gasteiger partial charge in [-0.05, 0) is 50.4 Å². The van der Waals surface area contributed by atoms with E-state index in [0.717, 1.165) is 25.9 Å². The van der Waals surface area contributed by atoms with Crippen molar-refractivity contribution in [1.82, 2.24) is 9.80 Å². The average Bonchev–Trinajstić information content (AvgIpc) is 2.40. The van der Waals surface area contributed by atoms with E-state index in [1.807, 2.05) is 0 Å². The van der Waals surface area contributed by atoms with Crippen molar-refractivity contribution in [3.05, 3.63) is 0 Å². The van der Waals surface area contributed by atoms with Crippen LogP contribution in [0.2, 0.25) is 0 Å². The molecule has 5 heterocycles. The minimum atomic E-state index is -0.0710. The second kappa shape index (κ2) is 5.19. The third-order valence-corrected chi connectivity index (χ3v) is 7.04. The Morgan fingerprint density at radius 1 is 1.00 bits per heavy atom. The van der Waals surface area contributed by atoms with Crippen molar-refractivity contribution in [3.63, 3.8) is 0 Å². The van der Waals surface area contributed by atoms with Crippen LogP contribution in [-0.4, -0.2) is 54.4 Å². The topological polar surface area (TPSA) is 39.5 Å². The Morgan fingerprint density at radius 2 is 1.58 bits per heavy atom. The molecular formula is C20H33N3O. The molecule has 5 aliphatic heterocycles. The standard InChI is InChI=1S/C20H33N3O/c1-17(2)10-20(6-5-8-21,7-9-24-17)16-22-12-18(3)11-19(4,14-22)15-23(16)13-18/h16H,5-7,9-15H2,1-4H3/t16?,18?,19?,20-/m1/s1. The van der Waals surface area contributed by atoms with Crippen LogP contribution in [0.5, 0.6) is 0 Å². The summed E-state index contributed by atoms with van der Waals surface area (Å²) in [5.74, 6) is 0. The molecule has 1 atom stereocenters. The number of piperidine rings is 2. The van der Waals surface area contributed by atoms with E-state index in [9.17, 15) is 5.26 Å². The molecule has 134 valence electrons. The highest BCUT2D eigenvalue weighted by Gasteiger charge is 2.61. The van der Waals surface area contributed by atoms with Gasteiger partial charge in [0.1, 0.15) is 0 Å². The number of rotatable bonds is 3. The van der Waals surface area contributed by atoms with Gasteiger partial charge in [-0.3, -0.25) is 9.80 Å². The fraction of sp³-hybridized carbons (Fsp3) is 0.950. The first-order chi connectivity index (χ1) is 11.2. The normalized spacial score (nSPS) is 52.2. The molecule has 0 spiro atoms. The summed E-state index contributed by atoms with van der Waals surface area (Å²) in [5, 5.41) is 9.27. The highest BCUT2D eigenvalue weighted by Crippen LogP contribution is 2.57. The van der Waals surface area contributed by atoms with Gasteiger partial charge in [-0.2, -0.15) is 5.26 Å². The van der Waals surface area contributed by atoms with Crippen molar-refractivity contribution in [2.24, 2.45) is 16.2 Å². The maximum absolute atomic E-state index is 9.27. The van der Waals surface area contributed by atoms with Gasteiger partial charge < -0.3 is 4.74 Å². The summed E-state index contributed by atoms with van der Waals surface area (Å²) in [6.07, 6.45) is 5.75. The summed E-state index contributed by atoms with van der Waals surface area (Å²) < 4.78 is 6.06. The molecule has 0 saturated carbocycles. The molecule has 0 aliphatic carbocycles. The minimum absolute atomic E-state index is 0.0710. The van der Waals surface area contributed by atoms with Gasteiger partial charge in [-0.1, -0.05) is 13.8 Å². The summed E-state index contributed by atoms with van der Waals surface area (Å²) in [5.41, 5.74) is 1.05. The first kappa shape index (κ1) is 16.8. The molecule has 4 bridgehead atoms. The van der Waals surface area contributed by atoms with E-state index in [4.69, 9.17) is 4.74 Å². The number of ether oxygens (including phenoxy) is 1. The molecule has 5 fully saturated rings. The van der Waals surface area contributed by atoms with Gasteiger partial charge >= 0.3 is 0 Å². The SMILES string of the molecule is CC12CN3CC(C)(CN(C1)C3[C@]1(CCC#N)CCOC(C)(C)C1)C2. The Balaban J connectivity index is 1.68. The summed E-state index contributed by atoms with van der Waals surface area (Å²) in [6.45, 7) is 15.2. The molecule has 0 aromatic heterocycles. The summed E-state index contributed by atoms with van der Waals surface area (Å²) in [4.78, 5) is 5.57. The van der Waals surface area contributed by atoms with Gasteiger partial charge in [0.15, 0.2) is 0 Å². The third kappa shape index (κ3) is 2.60. The molecular weight excluding hydrogens is 298 g/mol. The van der Waals surface area contributed by atoms with Gasteiger partial charge in [0.05, 0.1) is 17.8 Å². The minimum Gasteiger partial charge on any atom is -0.376 e. The average molecular weight is 332 g/mol. The lowest BCUT2D eigenvalue weighted by atomic mass is 9.59. The van der Waals surface area contributed by atoms with E-state index < -0.39 is 0 Å². The zero-order valence-corrected chi connectivity index (χ0v) is 15.9. The molecule has 4 heteroatoms. The van der Waals surface area contributed by atoms with Crippen LogP contribution in [0.15, 0.2) is 0 Å². The lowest BCUT2D eigenvalue weighted by Gasteiger charge is -2.70. The highest BCUT2D eigenvalue weighted by atomic mass is 16.5. The van der Waals surface area contributed by atoms with E-state index in [1.54, 1.807) is 0 Å². The van der Waals surface area contributed by atoms with Crippen LogP contribution in [0.25, 0.3) is 0 Å². The number of nitrogens with zero attached hydrogens (tertiary/aromatic N) is 3. The van der Waals surface area contributed by atoms with Gasteiger partial charge in [-0.25, -0.2) is 0 Å². The van der Waals surface area contributed by atoms with Crippen molar-refractivity contribution in [1.29, 1.82) is 5.26 Å². The fourth-order valence-corrected chi connectivity index (χ4v) is 7.16. The van der Waals surface area contributed by atoms with E-state index >= 15 is 0 Å². The number of hydrogen-bond acceptors (Lipinski definition) is 4. The fourth-order valence-electron chi connectivity index (χ4n) is 7.16. The molecule has 24 heavy (non-hydrogen) atoms. The van der Waals surface area contributed by atoms with Crippen LogP contribution in [0.1, 0.15) is 59.8 Å². The lowest BCUT2D eigenvalue weighted by Crippen LogP contribution is -2.77. The van der Waals surface area contributed by atoms with Crippen molar-refractivity contribution in [2.45, 2.75) is 71.6 Å². The quantitative estimate of drug-likeness (QED) is 0.796. The Hall–Kier alpha value is -0.630. The molecule has 0 aromatic rings. The highest BCUT2D eigenvalue weighted by molar-refractivity contribution is 5.12. The van der Waals surface area contributed by atoms with Crippen LogP contribution in [0, 0.1) is 27.6 Å². The van der Waals surface area contributed by atoms with E-state index in [-0.39, 0.29) is 11.0 Å². The van der Waals surface area contributed by atoms with Gasteiger partial charge in [0, 0.05) is 44.6 Å². The molecule has 0 unspecified atom stereocenters. The van der Waals surface area contributed by atoms with Crippen LogP contribution in [-0.2, 0) is 4.74 Å². The van der Waals surface area contributed by atoms with Crippen molar-refractivity contribution in [2.75, 3.05) is 32.8 Å². The predicted molar refractivity (Wildman–Crippen MR) is 94.3 cm³/mol. The first-order valence-corrected chi connectivity index (χ1v) is 9.68. The number of hydrogen-bond donors (Lipinski definition) is 0. The molecule has 5 aliphatic rings. The van der Waals surface area contributed by atoms with E-state index in [2.05, 4.69) is 43.6 Å². The van der Waals surface area contributed by atoms with Crippen LogP contribution >= 0.6 is 0 Å². The van der Waals surface area contributed by atoms with E-state index in [1.165, 1.54) is 32.6 Å². The Bertz CT molecular complexity index is 530. The van der Waals surface area contributed by atoms with Crippen molar-refractivity contribution in [3.8, 4) is 6.07 Å². The molecule has 5 saturated heterocycles. The number of nitriles is 1.